The molecule has 7 nitrogen and oxygen atoms in total. The first-order valence-corrected chi connectivity index (χ1v) is 6.28. The smallest absolute Gasteiger partial charge is 0.323 e. The van der Waals surface area contributed by atoms with E-state index >= 15 is 0 Å². The van der Waals surface area contributed by atoms with Crippen molar-refractivity contribution in [3.8, 4) is 0 Å². The average Bonchev–Trinajstić information content (AvgIpc) is 2.70. The quantitative estimate of drug-likeness (QED) is 0.729. The van der Waals surface area contributed by atoms with Crippen LogP contribution >= 0.6 is 22.9 Å². The summed E-state index contributed by atoms with van der Waals surface area (Å²) in [5.41, 5.74) is 0. The van der Waals surface area contributed by atoms with Crippen molar-refractivity contribution in [2.75, 3.05) is 13.1 Å². The lowest BCUT2D eigenvalue weighted by Crippen LogP contribution is -2.44. The molecule has 0 aliphatic carbocycles. The third-order valence-electron chi connectivity index (χ3n) is 1.98. The van der Waals surface area contributed by atoms with Crippen molar-refractivity contribution in [2.24, 2.45) is 0 Å². The van der Waals surface area contributed by atoms with Crippen LogP contribution in [-0.4, -0.2) is 46.2 Å². The summed E-state index contributed by atoms with van der Waals surface area (Å²) in [5, 5.41) is 19.6. The Morgan fingerprint density at radius 3 is 2.21 bits per heavy atom. The molecule has 0 radical (unpaired) electrons. The largest absolute Gasteiger partial charge is 0.480 e. The highest BCUT2D eigenvalue weighted by Crippen LogP contribution is 2.20. The molecule has 1 heterocycles. The zero-order valence-electron chi connectivity index (χ0n) is 9.63. The number of halogens is 1. The van der Waals surface area contributed by atoms with Gasteiger partial charge >= 0.3 is 18.0 Å². The van der Waals surface area contributed by atoms with Crippen molar-refractivity contribution in [3.05, 3.63) is 21.3 Å². The van der Waals surface area contributed by atoms with Crippen LogP contribution in [0.5, 0.6) is 0 Å². The minimum atomic E-state index is -1.28. The van der Waals surface area contributed by atoms with E-state index in [1.54, 1.807) is 12.1 Å². The summed E-state index contributed by atoms with van der Waals surface area (Å²) in [6.07, 6.45) is 0. The van der Waals surface area contributed by atoms with Gasteiger partial charge in [0.2, 0.25) is 0 Å². The molecule has 1 aromatic rings. The number of aliphatic carboxylic acids is 2. The second kappa shape index (κ2) is 6.95. The van der Waals surface area contributed by atoms with Crippen molar-refractivity contribution < 1.29 is 24.6 Å². The number of amides is 2. The molecule has 0 bridgehead atoms. The number of nitrogens with zero attached hydrogens (tertiary/aromatic N) is 1. The van der Waals surface area contributed by atoms with Crippen molar-refractivity contribution in [1.82, 2.24) is 10.2 Å². The van der Waals surface area contributed by atoms with E-state index in [1.165, 1.54) is 11.3 Å². The third kappa shape index (κ3) is 5.58. The number of thiophene rings is 1. The van der Waals surface area contributed by atoms with Gasteiger partial charge in [-0.1, -0.05) is 11.6 Å². The van der Waals surface area contributed by atoms with Crippen LogP contribution in [0.1, 0.15) is 4.88 Å². The van der Waals surface area contributed by atoms with Crippen LogP contribution in [0.4, 0.5) is 4.79 Å². The van der Waals surface area contributed by atoms with Crippen molar-refractivity contribution in [2.45, 2.75) is 6.54 Å². The first-order chi connectivity index (χ1) is 8.88. The van der Waals surface area contributed by atoms with Gasteiger partial charge in [-0.3, -0.25) is 9.59 Å². The van der Waals surface area contributed by atoms with E-state index in [-0.39, 0.29) is 6.54 Å². The van der Waals surface area contributed by atoms with Gasteiger partial charge in [-0.2, -0.15) is 0 Å². The number of carboxylic acid groups (broad SMARTS) is 2. The predicted molar refractivity (Wildman–Crippen MR) is 68.4 cm³/mol. The van der Waals surface area contributed by atoms with E-state index in [1.807, 2.05) is 0 Å². The summed E-state index contributed by atoms with van der Waals surface area (Å²) in [6.45, 7) is -1.20. The van der Waals surface area contributed by atoms with Crippen molar-refractivity contribution in [1.29, 1.82) is 0 Å². The lowest BCUT2D eigenvalue weighted by Gasteiger charge is -2.18. The van der Waals surface area contributed by atoms with E-state index in [9.17, 15) is 14.4 Å². The fourth-order valence-corrected chi connectivity index (χ4v) is 2.27. The maximum absolute atomic E-state index is 11.7. The normalized spacial score (nSPS) is 9.95. The molecule has 0 spiro atoms. The highest BCUT2D eigenvalue weighted by molar-refractivity contribution is 7.16. The summed E-state index contributed by atoms with van der Waals surface area (Å²) < 4.78 is 0.567. The summed E-state index contributed by atoms with van der Waals surface area (Å²) in [7, 11) is 0. The van der Waals surface area contributed by atoms with Gasteiger partial charge in [0.05, 0.1) is 10.9 Å². The Hall–Kier alpha value is -1.80. The lowest BCUT2D eigenvalue weighted by atomic mass is 10.4. The maximum atomic E-state index is 11.7. The fourth-order valence-electron chi connectivity index (χ4n) is 1.25. The highest BCUT2D eigenvalue weighted by Gasteiger charge is 2.19. The van der Waals surface area contributed by atoms with Gasteiger partial charge in [0, 0.05) is 4.88 Å². The molecule has 0 aliphatic rings. The van der Waals surface area contributed by atoms with Gasteiger partial charge in [0.1, 0.15) is 13.1 Å². The molecule has 0 unspecified atom stereocenters. The van der Waals surface area contributed by atoms with Gasteiger partial charge in [0.15, 0.2) is 0 Å². The highest BCUT2D eigenvalue weighted by atomic mass is 35.5. The summed E-state index contributed by atoms with van der Waals surface area (Å²) >= 11 is 6.98. The minimum absolute atomic E-state index is 0.159. The zero-order chi connectivity index (χ0) is 14.4. The van der Waals surface area contributed by atoms with Gasteiger partial charge in [-0.15, -0.1) is 11.3 Å². The standard InChI is InChI=1S/C10H11ClN2O5S/c11-7-2-1-6(19-7)3-12-10(18)13(4-8(14)15)5-9(16)17/h1-2H,3-5H2,(H,12,18)(H,14,15)(H,16,17). The molecule has 0 fully saturated rings. The molecule has 0 aliphatic heterocycles. The second-order valence-corrected chi connectivity index (χ2v) is 5.31. The lowest BCUT2D eigenvalue weighted by molar-refractivity contribution is -0.140. The Labute approximate surface area is 117 Å². The van der Waals surface area contributed by atoms with Crippen LogP contribution in [0, 0.1) is 0 Å². The number of rotatable bonds is 6. The Kier molecular flexibility index (Phi) is 5.58. The molecule has 0 aromatic carbocycles. The number of nitrogens with one attached hydrogen (secondary N) is 1. The summed E-state index contributed by atoms with van der Waals surface area (Å²) in [4.78, 5) is 34.2. The molecular formula is C10H11ClN2O5S. The maximum Gasteiger partial charge on any atom is 0.323 e. The average molecular weight is 307 g/mol. The van der Waals surface area contributed by atoms with Crippen molar-refractivity contribution in [3.63, 3.8) is 0 Å². The Balaban J connectivity index is 2.55. The van der Waals surface area contributed by atoms with Gasteiger partial charge in [-0.05, 0) is 12.1 Å². The first kappa shape index (κ1) is 15.3. The molecule has 19 heavy (non-hydrogen) atoms. The monoisotopic (exact) mass is 306 g/mol. The Bertz CT molecular complexity index is 474. The van der Waals surface area contributed by atoms with Crippen LogP contribution in [-0.2, 0) is 16.1 Å². The SMILES string of the molecule is O=C(O)CN(CC(=O)O)C(=O)NCc1ccc(Cl)s1. The van der Waals surface area contributed by atoms with Gasteiger partial charge < -0.3 is 20.4 Å². The fraction of sp³-hybridized carbons (Fsp3) is 0.300. The Morgan fingerprint density at radius 1 is 1.21 bits per heavy atom. The van der Waals surface area contributed by atoms with Crippen LogP contribution in [0.2, 0.25) is 4.34 Å². The zero-order valence-corrected chi connectivity index (χ0v) is 11.2. The van der Waals surface area contributed by atoms with E-state index in [4.69, 9.17) is 21.8 Å². The summed E-state index contributed by atoms with van der Waals surface area (Å²) in [5.74, 6) is -2.56. The predicted octanol–water partition coefficient (Wildman–Crippen LogP) is 1.08. The second-order valence-electron chi connectivity index (χ2n) is 3.51. The summed E-state index contributed by atoms with van der Waals surface area (Å²) in [6, 6.07) is 2.63. The molecule has 1 aromatic heterocycles. The number of carbonyl (C=O) groups is 3. The van der Waals surface area contributed by atoms with Crippen LogP contribution in [0.3, 0.4) is 0 Å². The molecular weight excluding hydrogens is 296 g/mol. The van der Waals surface area contributed by atoms with E-state index in [0.29, 0.717) is 9.24 Å². The van der Waals surface area contributed by atoms with Crippen LogP contribution in [0.15, 0.2) is 12.1 Å². The molecule has 104 valence electrons. The number of hydrogen-bond acceptors (Lipinski definition) is 4. The van der Waals surface area contributed by atoms with Gasteiger partial charge in [0.25, 0.3) is 0 Å². The topological polar surface area (TPSA) is 107 Å². The number of hydrogen-bond donors (Lipinski definition) is 3. The van der Waals surface area contributed by atoms with E-state index in [2.05, 4.69) is 5.32 Å². The van der Waals surface area contributed by atoms with Crippen LogP contribution in [0.25, 0.3) is 0 Å². The number of carbonyl (C=O) groups excluding carboxylic acids is 1. The number of carboxylic acids is 2. The minimum Gasteiger partial charge on any atom is -0.480 e. The molecule has 0 saturated heterocycles. The van der Waals surface area contributed by atoms with E-state index in [0.717, 1.165) is 4.88 Å². The Morgan fingerprint density at radius 2 is 1.79 bits per heavy atom. The molecule has 3 N–H and O–H groups in total. The van der Waals surface area contributed by atoms with Gasteiger partial charge in [-0.25, -0.2) is 4.79 Å². The molecule has 1 rings (SSSR count). The van der Waals surface area contributed by atoms with Crippen molar-refractivity contribution >= 4 is 40.9 Å². The molecule has 0 saturated carbocycles. The molecule has 0 atom stereocenters. The first-order valence-electron chi connectivity index (χ1n) is 5.09. The number of urea groups is 1. The molecule has 2 amide bonds. The van der Waals surface area contributed by atoms with Crippen LogP contribution < -0.4 is 5.32 Å². The molecule has 9 heteroatoms. The van der Waals surface area contributed by atoms with E-state index < -0.39 is 31.1 Å². The third-order valence-corrected chi connectivity index (χ3v) is 3.21.